The number of carbonyl (C=O) groups is 1. The molecule has 8 aromatic rings. The number of aromatic nitrogens is 4. The number of rotatable bonds is 3. The Kier molecular flexibility index (Phi) is 9.15. The average molecular weight is 732 g/mol. The van der Waals surface area contributed by atoms with Gasteiger partial charge in [-0.05, 0) is 77.5 Å². The minimum atomic E-state index is -0.374. The third-order valence-electron chi connectivity index (χ3n) is 7.55. The highest BCUT2D eigenvalue weighted by Gasteiger charge is 2.34. The van der Waals surface area contributed by atoms with Crippen molar-refractivity contribution in [2.75, 3.05) is 0 Å². The van der Waals surface area contributed by atoms with E-state index in [2.05, 4.69) is 19.9 Å². The summed E-state index contributed by atoms with van der Waals surface area (Å²) < 4.78 is 34.3. The molecule has 49 heavy (non-hydrogen) atoms. The van der Waals surface area contributed by atoms with E-state index in [1.807, 2.05) is 35.0 Å². The first-order valence-electron chi connectivity index (χ1n) is 14.6. The molecule has 1 atom stereocenters. The Morgan fingerprint density at radius 1 is 0.796 bits per heavy atom. The molecule has 0 fully saturated rings. The Hall–Kier alpha value is -5.07. The number of ether oxygens (including phenoxy) is 1. The van der Waals surface area contributed by atoms with Gasteiger partial charge in [0, 0.05) is 32.2 Å². The SMILES string of the molecule is Fc1cccc2[nH]c3c(c12)C(c1cccs1)Oc1ccc(Cl)nc1-3.O=Cc1cccs1.Oc1ccc(Cl)nc1-c1cc2c(F)cccc2[nH]1. The lowest BCUT2D eigenvalue weighted by molar-refractivity contribution is 0.112. The summed E-state index contributed by atoms with van der Waals surface area (Å²) in [5.41, 5.74) is 4.34. The highest BCUT2D eigenvalue weighted by molar-refractivity contribution is 7.11. The van der Waals surface area contributed by atoms with Gasteiger partial charge in [-0.1, -0.05) is 47.5 Å². The van der Waals surface area contributed by atoms with Crippen LogP contribution < -0.4 is 4.74 Å². The summed E-state index contributed by atoms with van der Waals surface area (Å²) >= 11 is 14.9. The zero-order valence-electron chi connectivity index (χ0n) is 25.0. The van der Waals surface area contributed by atoms with Gasteiger partial charge >= 0.3 is 0 Å². The number of thiophene rings is 2. The number of pyridine rings is 2. The number of halogens is 4. The Morgan fingerprint density at radius 3 is 2.20 bits per heavy atom. The number of nitrogens with one attached hydrogen (secondary N) is 2. The lowest BCUT2D eigenvalue weighted by atomic mass is 9.98. The number of aromatic amines is 2. The molecule has 7 nitrogen and oxygen atoms in total. The molecule has 3 N–H and O–H groups in total. The second-order valence-corrected chi connectivity index (χ2v) is 13.3. The quantitative estimate of drug-likeness (QED) is 0.124. The van der Waals surface area contributed by atoms with Crippen molar-refractivity contribution in [2.45, 2.75) is 6.10 Å². The van der Waals surface area contributed by atoms with Crippen LogP contribution in [0.1, 0.15) is 26.2 Å². The van der Waals surface area contributed by atoms with E-state index < -0.39 is 0 Å². The molecule has 0 spiro atoms. The van der Waals surface area contributed by atoms with E-state index in [1.165, 1.54) is 35.6 Å². The number of fused-ring (bicyclic) bond motifs is 6. The predicted octanol–water partition coefficient (Wildman–Crippen LogP) is 10.9. The molecule has 1 aliphatic rings. The van der Waals surface area contributed by atoms with Crippen molar-refractivity contribution in [2.24, 2.45) is 0 Å². The largest absolute Gasteiger partial charge is 0.506 e. The summed E-state index contributed by atoms with van der Waals surface area (Å²) in [5.74, 6) is 0.0285. The van der Waals surface area contributed by atoms with E-state index in [4.69, 9.17) is 27.9 Å². The monoisotopic (exact) mass is 730 g/mol. The van der Waals surface area contributed by atoms with Gasteiger partial charge in [-0.3, -0.25) is 4.79 Å². The van der Waals surface area contributed by atoms with Crippen molar-refractivity contribution in [1.29, 1.82) is 0 Å². The molecule has 0 bridgehead atoms. The van der Waals surface area contributed by atoms with Gasteiger partial charge in [0.25, 0.3) is 0 Å². The van der Waals surface area contributed by atoms with Gasteiger partial charge < -0.3 is 19.8 Å². The molecule has 2 aromatic carbocycles. The summed E-state index contributed by atoms with van der Waals surface area (Å²) in [5, 5.41) is 15.2. The van der Waals surface area contributed by atoms with Crippen molar-refractivity contribution in [3.05, 3.63) is 139 Å². The fourth-order valence-corrected chi connectivity index (χ4v) is 7.01. The van der Waals surface area contributed by atoms with Crippen LogP contribution in [0.2, 0.25) is 10.3 Å². The average Bonchev–Trinajstić information content (AvgIpc) is 3.93. The Labute approximate surface area is 295 Å². The Morgan fingerprint density at radius 2 is 1.51 bits per heavy atom. The molecule has 0 saturated heterocycles. The van der Waals surface area contributed by atoms with Crippen LogP contribution in [-0.4, -0.2) is 31.3 Å². The summed E-state index contributed by atoms with van der Waals surface area (Å²) in [6.07, 6.45) is 0.478. The van der Waals surface area contributed by atoms with Crippen LogP contribution in [0.5, 0.6) is 11.5 Å². The van der Waals surface area contributed by atoms with E-state index >= 15 is 0 Å². The molecule has 0 aliphatic carbocycles. The minimum absolute atomic E-state index is 0.00800. The van der Waals surface area contributed by atoms with Crippen LogP contribution >= 0.6 is 45.9 Å². The van der Waals surface area contributed by atoms with Gasteiger partial charge in [-0.2, -0.15) is 0 Å². The molecular weight excluding hydrogens is 709 g/mol. The molecule has 6 aromatic heterocycles. The first-order valence-corrected chi connectivity index (χ1v) is 17.1. The first-order chi connectivity index (χ1) is 23.8. The second kappa shape index (κ2) is 13.8. The van der Waals surface area contributed by atoms with Crippen molar-refractivity contribution in [3.63, 3.8) is 0 Å². The molecule has 0 saturated carbocycles. The smallest absolute Gasteiger partial charge is 0.161 e. The van der Waals surface area contributed by atoms with E-state index in [-0.39, 0.29) is 28.6 Å². The molecule has 9 rings (SSSR count). The number of aromatic hydroxyl groups is 1. The van der Waals surface area contributed by atoms with Crippen LogP contribution in [0.15, 0.2) is 102 Å². The standard InChI is InChI=1S/C18H10ClFN2OS.C13H8ClFN2O.C5H4OS/c19-13-7-6-11-16(22-13)17-15(18(23-11)12-5-2-8-24-12)14-9(20)3-1-4-10(14)21-17;14-12-5-4-11(18)13(17-12)10-6-7-8(15)2-1-3-9(7)16-10;6-4-5-2-1-3-7-5/h1-8,18,21H;1-6,16,18H;1-4H. The molecule has 13 heteroatoms. The third-order valence-corrected chi connectivity index (χ3v) is 9.68. The molecular formula is C36H22Cl2F2N4O3S2. The molecule has 7 heterocycles. The fourth-order valence-electron chi connectivity index (χ4n) is 5.43. The fraction of sp³-hybridized carbons (Fsp3) is 0.0278. The van der Waals surface area contributed by atoms with Crippen LogP contribution in [0.25, 0.3) is 44.6 Å². The minimum Gasteiger partial charge on any atom is -0.506 e. The van der Waals surface area contributed by atoms with Gasteiger partial charge in [0.05, 0.1) is 16.3 Å². The van der Waals surface area contributed by atoms with E-state index in [1.54, 1.807) is 53.8 Å². The molecule has 0 amide bonds. The predicted molar refractivity (Wildman–Crippen MR) is 191 cm³/mol. The number of hydrogen-bond donors (Lipinski definition) is 3. The summed E-state index contributed by atoms with van der Waals surface area (Å²) in [6.45, 7) is 0. The Balaban J connectivity index is 0.000000133. The lowest BCUT2D eigenvalue weighted by Gasteiger charge is -2.25. The summed E-state index contributed by atoms with van der Waals surface area (Å²) in [7, 11) is 0. The number of nitrogens with zero attached hydrogens (tertiary/aromatic N) is 2. The van der Waals surface area contributed by atoms with E-state index in [0.717, 1.165) is 32.8 Å². The highest BCUT2D eigenvalue weighted by Crippen LogP contribution is 2.48. The van der Waals surface area contributed by atoms with Gasteiger partial charge in [-0.15, -0.1) is 22.7 Å². The Bertz CT molecular complexity index is 2430. The van der Waals surface area contributed by atoms with Crippen molar-refractivity contribution < 1.29 is 23.4 Å². The van der Waals surface area contributed by atoms with Crippen LogP contribution in [0.3, 0.4) is 0 Å². The van der Waals surface area contributed by atoms with Crippen LogP contribution in [0, 0.1) is 11.6 Å². The topological polar surface area (TPSA) is 104 Å². The number of H-pyrrole nitrogens is 2. The van der Waals surface area contributed by atoms with Crippen molar-refractivity contribution in [3.8, 4) is 34.3 Å². The lowest BCUT2D eigenvalue weighted by Crippen LogP contribution is -2.14. The van der Waals surface area contributed by atoms with Gasteiger partial charge in [-0.25, -0.2) is 18.7 Å². The number of hydrogen-bond acceptors (Lipinski definition) is 7. The van der Waals surface area contributed by atoms with Crippen molar-refractivity contribution >= 4 is 74.0 Å². The van der Waals surface area contributed by atoms with Gasteiger partial charge in [0.1, 0.15) is 44.8 Å². The molecule has 1 unspecified atom stereocenters. The maximum Gasteiger partial charge on any atom is 0.161 e. The summed E-state index contributed by atoms with van der Waals surface area (Å²) in [6, 6.07) is 25.4. The molecule has 244 valence electrons. The number of aldehydes is 1. The number of benzene rings is 2. The molecule has 1 aliphatic heterocycles. The molecule has 0 radical (unpaired) electrons. The van der Waals surface area contributed by atoms with E-state index in [0.29, 0.717) is 44.3 Å². The van der Waals surface area contributed by atoms with Crippen LogP contribution in [-0.2, 0) is 0 Å². The van der Waals surface area contributed by atoms with Crippen molar-refractivity contribution in [1.82, 2.24) is 19.9 Å². The zero-order chi connectivity index (χ0) is 34.1. The van der Waals surface area contributed by atoms with E-state index in [9.17, 15) is 18.7 Å². The second-order valence-electron chi connectivity index (χ2n) is 10.6. The third kappa shape index (κ3) is 6.53. The maximum atomic E-state index is 14.6. The van der Waals surface area contributed by atoms with Gasteiger partial charge in [0.15, 0.2) is 12.4 Å². The normalized spacial score (nSPS) is 13.0. The maximum absolute atomic E-state index is 14.6. The first kappa shape index (κ1) is 32.5. The summed E-state index contributed by atoms with van der Waals surface area (Å²) in [4.78, 5) is 26.4. The van der Waals surface area contributed by atoms with Gasteiger partial charge in [0.2, 0.25) is 0 Å². The van der Waals surface area contributed by atoms with Crippen LogP contribution in [0.4, 0.5) is 8.78 Å². The number of carbonyl (C=O) groups excluding carboxylic acids is 1. The zero-order valence-corrected chi connectivity index (χ0v) is 28.1. The highest BCUT2D eigenvalue weighted by atomic mass is 35.5.